The highest BCUT2D eigenvalue weighted by atomic mass is 35.5. The van der Waals surface area contributed by atoms with Crippen LogP contribution in [0, 0.1) is 0 Å². The number of carbonyl (C=O) groups is 2. The number of carbonyl (C=O) groups excluding carboxylic acids is 2. The van der Waals surface area contributed by atoms with Gasteiger partial charge in [-0.15, -0.1) is 10.2 Å². The lowest BCUT2D eigenvalue weighted by Crippen LogP contribution is -2.30. The predicted molar refractivity (Wildman–Crippen MR) is 173 cm³/mol. The summed E-state index contributed by atoms with van der Waals surface area (Å²) in [5, 5.41) is 20.6. The molecule has 2 heterocycles. The lowest BCUT2D eigenvalue weighted by Gasteiger charge is -2.24. The van der Waals surface area contributed by atoms with E-state index in [1.807, 2.05) is 72.8 Å². The van der Waals surface area contributed by atoms with Crippen molar-refractivity contribution in [3.63, 3.8) is 0 Å². The van der Waals surface area contributed by atoms with Crippen molar-refractivity contribution in [3.8, 4) is 5.75 Å². The monoisotopic (exact) mass is 631 g/mol. The molecule has 3 aromatic carbocycles. The number of nitrogens with zero attached hydrogens (tertiary/aromatic N) is 3. The van der Waals surface area contributed by atoms with Crippen LogP contribution in [0.3, 0.4) is 0 Å². The molecule has 1 N–H and O–H groups in total. The van der Waals surface area contributed by atoms with E-state index in [0.29, 0.717) is 33.0 Å². The van der Waals surface area contributed by atoms with Gasteiger partial charge in [0.25, 0.3) is 5.91 Å². The number of aliphatic hydroxyl groups is 1. The lowest BCUT2D eigenvalue weighted by atomic mass is 9.95. The van der Waals surface area contributed by atoms with Gasteiger partial charge in [0.2, 0.25) is 5.13 Å². The predicted octanol–water partition coefficient (Wildman–Crippen LogP) is 8.24. The Morgan fingerprint density at radius 1 is 1.07 bits per heavy atom. The second kappa shape index (κ2) is 14.5. The molecular formula is C33H30ClN3O4S2. The van der Waals surface area contributed by atoms with Crippen LogP contribution in [0.2, 0.25) is 5.02 Å². The summed E-state index contributed by atoms with van der Waals surface area (Å²) in [6.45, 7) is 2.68. The van der Waals surface area contributed by atoms with Crippen molar-refractivity contribution in [1.82, 2.24) is 10.2 Å². The van der Waals surface area contributed by atoms with Crippen LogP contribution < -0.4 is 9.64 Å². The summed E-state index contributed by atoms with van der Waals surface area (Å²) in [5.41, 5.74) is 2.36. The Morgan fingerprint density at radius 2 is 1.86 bits per heavy atom. The number of aliphatic hydroxyl groups excluding tert-OH is 1. The van der Waals surface area contributed by atoms with E-state index in [2.05, 4.69) is 17.1 Å². The number of hydrogen-bond acceptors (Lipinski definition) is 8. The second-order valence-corrected chi connectivity index (χ2v) is 12.4. The van der Waals surface area contributed by atoms with Crippen molar-refractivity contribution in [2.75, 3.05) is 11.5 Å². The van der Waals surface area contributed by atoms with E-state index in [-0.39, 0.29) is 10.7 Å². The maximum Gasteiger partial charge on any atom is 0.296 e. The first-order chi connectivity index (χ1) is 21.0. The average Bonchev–Trinajstić information content (AvgIpc) is 3.60. The van der Waals surface area contributed by atoms with Crippen molar-refractivity contribution in [2.24, 2.45) is 0 Å². The van der Waals surface area contributed by atoms with E-state index >= 15 is 0 Å². The molecule has 7 nitrogen and oxygen atoms in total. The third-order valence-electron chi connectivity index (χ3n) is 6.80. The maximum atomic E-state index is 13.6. The normalized spacial score (nSPS) is 15.1. The minimum atomic E-state index is -0.922. The molecule has 1 amide bonds. The Bertz CT molecular complexity index is 1650. The first kappa shape index (κ1) is 30.5. The fraction of sp³-hybridized carbons (Fsp3) is 0.212. The summed E-state index contributed by atoms with van der Waals surface area (Å²) in [6.07, 6.45) is 6.09. The van der Waals surface area contributed by atoms with Gasteiger partial charge < -0.3 is 9.84 Å². The third kappa shape index (κ3) is 7.36. The van der Waals surface area contributed by atoms with Crippen molar-refractivity contribution in [3.05, 3.63) is 118 Å². The minimum Gasteiger partial charge on any atom is -0.503 e. The van der Waals surface area contributed by atoms with Crippen LogP contribution >= 0.6 is 34.7 Å². The van der Waals surface area contributed by atoms with Gasteiger partial charge in [0.1, 0.15) is 5.75 Å². The van der Waals surface area contributed by atoms with Crippen LogP contribution in [0.4, 0.5) is 5.13 Å². The van der Waals surface area contributed by atoms with Gasteiger partial charge in [0.05, 0.1) is 18.2 Å². The Labute approximate surface area is 263 Å². The zero-order valence-electron chi connectivity index (χ0n) is 23.5. The molecule has 43 heavy (non-hydrogen) atoms. The number of aromatic nitrogens is 2. The topological polar surface area (TPSA) is 92.6 Å². The maximum absolute atomic E-state index is 13.6. The third-order valence-corrected chi connectivity index (χ3v) is 9.28. The highest BCUT2D eigenvalue weighted by Crippen LogP contribution is 2.44. The van der Waals surface area contributed by atoms with Crippen molar-refractivity contribution in [1.29, 1.82) is 0 Å². The number of ketones is 1. The largest absolute Gasteiger partial charge is 0.503 e. The molecule has 1 atom stereocenters. The molecule has 0 aliphatic carbocycles. The zero-order chi connectivity index (χ0) is 30.2. The van der Waals surface area contributed by atoms with Gasteiger partial charge in [-0.25, -0.2) is 0 Å². The Morgan fingerprint density at radius 3 is 2.65 bits per heavy atom. The fourth-order valence-corrected chi connectivity index (χ4v) is 6.78. The number of benzene rings is 3. The number of hydrogen-bond donors (Lipinski definition) is 1. The van der Waals surface area contributed by atoms with Crippen LogP contribution in [0.5, 0.6) is 5.75 Å². The van der Waals surface area contributed by atoms with Gasteiger partial charge in [-0.2, -0.15) is 0 Å². The minimum absolute atomic E-state index is 0.0271. The van der Waals surface area contributed by atoms with E-state index in [1.54, 1.807) is 12.1 Å². The number of unbranched alkanes of at least 4 members (excludes halogenated alkanes) is 2. The highest BCUT2D eigenvalue weighted by Gasteiger charge is 2.45. The number of allylic oxidation sites excluding steroid dienone is 1. The number of rotatable bonds is 13. The van der Waals surface area contributed by atoms with Crippen molar-refractivity contribution < 1.29 is 19.4 Å². The van der Waals surface area contributed by atoms with E-state index in [4.69, 9.17) is 16.3 Å². The summed E-state index contributed by atoms with van der Waals surface area (Å²) in [6, 6.07) is 23.3. The summed E-state index contributed by atoms with van der Waals surface area (Å²) in [4.78, 5) is 28.5. The van der Waals surface area contributed by atoms with Gasteiger partial charge in [0, 0.05) is 10.8 Å². The van der Waals surface area contributed by atoms with Gasteiger partial charge in [-0.05, 0) is 47.4 Å². The fourth-order valence-electron chi connectivity index (χ4n) is 4.63. The number of halogens is 1. The molecule has 1 unspecified atom stereocenters. The Balaban J connectivity index is 1.46. The number of ether oxygens (including phenoxy) is 1. The quantitative estimate of drug-likeness (QED) is 0.0687. The Kier molecular flexibility index (Phi) is 10.3. The lowest BCUT2D eigenvalue weighted by molar-refractivity contribution is -0.117. The standard InChI is InChI=1S/C33H30ClN3O4S2/c1-2-3-9-19-41-25-15-10-14-23(20-25)29-28(27(38)18-17-22-11-5-4-6-12-22)30(39)31(40)37(29)32-35-36-33(43-32)42-21-24-13-7-8-16-26(24)34/h4-8,10-18,20,29,39H,2-3,9,19,21H2,1H3. The molecule has 1 aliphatic heterocycles. The van der Waals surface area contributed by atoms with Crippen LogP contribution in [0.15, 0.2) is 101 Å². The van der Waals surface area contributed by atoms with Gasteiger partial charge in [-0.1, -0.05) is 121 Å². The first-order valence-electron chi connectivity index (χ1n) is 13.9. The average molecular weight is 632 g/mol. The highest BCUT2D eigenvalue weighted by molar-refractivity contribution is 8.00. The number of anilines is 1. The molecule has 0 radical (unpaired) electrons. The molecule has 10 heteroatoms. The van der Waals surface area contributed by atoms with E-state index in [1.165, 1.54) is 34.1 Å². The first-order valence-corrected chi connectivity index (χ1v) is 16.1. The van der Waals surface area contributed by atoms with E-state index in [0.717, 1.165) is 30.4 Å². The second-order valence-electron chi connectivity index (χ2n) is 9.81. The molecule has 1 aliphatic rings. The summed E-state index contributed by atoms with van der Waals surface area (Å²) < 4.78 is 6.59. The van der Waals surface area contributed by atoms with Gasteiger partial charge >= 0.3 is 0 Å². The molecule has 1 aromatic heterocycles. The van der Waals surface area contributed by atoms with Crippen LogP contribution in [0.25, 0.3) is 6.08 Å². The van der Waals surface area contributed by atoms with Crippen molar-refractivity contribution in [2.45, 2.75) is 42.3 Å². The molecule has 0 saturated carbocycles. The SMILES string of the molecule is CCCCCOc1cccc(C2C(C(=O)C=Cc3ccccc3)=C(O)C(=O)N2c2nnc(SCc3ccccc3Cl)s2)c1. The molecular weight excluding hydrogens is 602 g/mol. The van der Waals surface area contributed by atoms with Crippen molar-refractivity contribution >= 4 is 57.6 Å². The molecule has 5 rings (SSSR count). The number of thioether (sulfide) groups is 1. The molecule has 0 bridgehead atoms. The Hall–Kier alpha value is -3.92. The summed E-state index contributed by atoms with van der Waals surface area (Å²) >= 11 is 8.97. The van der Waals surface area contributed by atoms with Crippen LogP contribution in [-0.2, 0) is 15.3 Å². The summed E-state index contributed by atoms with van der Waals surface area (Å²) in [5.74, 6) is -0.612. The molecule has 0 fully saturated rings. The van der Waals surface area contributed by atoms with Crippen LogP contribution in [-0.4, -0.2) is 33.6 Å². The molecule has 0 spiro atoms. The molecule has 220 valence electrons. The number of amides is 1. The summed E-state index contributed by atoms with van der Waals surface area (Å²) in [7, 11) is 0. The smallest absolute Gasteiger partial charge is 0.296 e. The molecule has 0 saturated heterocycles. The van der Waals surface area contributed by atoms with Gasteiger partial charge in [0.15, 0.2) is 15.9 Å². The van der Waals surface area contributed by atoms with Gasteiger partial charge in [-0.3, -0.25) is 14.5 Å². The molecule has 4 aromatic rings. The zero-order valence-corrected chi connectivity index (χ0v) is 25.9. The van der Waals surface area contributed by atoms with E-state index < -0.39 is 23.5 Å². The van der Waals surface area contributed by atoms with Crippen LogP contribution in [0.1, 0.15) is 48.9 Å². The van der Waals surface area contributed by atoms with E-state index in [9.17, 15) is 14.7 Å².